The number of hydrogen-bond donors (Lipinski definition) is 3. The molecule has 0 bridgehead atoms. The molecule has 0 saturated heterocycles. The molecule has 17 heavy (non-hydrogen) atoms. The predicted octanol–water partition coefficient (Wildman–Crippen LogP) is 0.848. The minimum Gasteiger partial charge on any atom is -0.465 e. The van der Waals surface area contributed by atoms with Crippen molar-refractivity contribution in [3.05, 3.63) is 29.8 Å². The number of rotatable bonds is 1. The maximum absolute atomic E-state index is 11.8. The maximum atomic E-state index is 11.8. The first-order chi connectivity index (χ1) is 8.08. The average Bonchev–Trinajstić information content (AvgIpc) is 2.38. The van der Waals surface area contributed by atoms with Crippen LogP contribution in [-0.2, 0) is 4.79 Å². The Hall–Kier alpha value is -2.37. The molecule has 1 aliphatic heterocycles. The van der Waals surface area contributed by atoms with Crippen LogP contribution < -0.4 is 10.6 Å². The average molecular weight is 234 g/mol. The first-order valence-electron chi connectivity index (χ1n) is 5.00. The number of fused-ring (bicyclic) bond motifs is 1. The molecule has 0 aliphatic carbocycles. The standard InChI is InChI=1S/C11H10N2O4/c14-9-5-8(13-11(16)17)10(15)12-7-4-2-1-3-6(7)9/h1-4,8,13H,5H2,(H,12,15)(H,16,17). The molecule has 0 spiro atoms. The zero-order valence-electron chi connectivity index (χ0n) is 8.77. The Balaban J connectivity index is 2.31. The third-order valence-corrected chi connectivity index (χ3v) is 2.49. The van der Waals surface area contributed by atoms with Gasteiger partial charge in [-0.3, -0.25) is 9.59 Å². The lowest BCUT2D eigenvalue weighted by Gasteiger charge is -2.11. The number of carboxylic acid groups (broad SMARTS) is 1. The molecule has 1 aromatic carbocycles. The number of Topliss-reactive ketones (excluding diaryl/α,β-unsaturated/α-hetero) is 1. The second kappa shape index (κ2) is 4.25. The molecule has 6 nitrogen and oxygen atoms in total. The highest BCUT2D eigenvalue weighted by atomic mass is 16.4. The van der Waals surface area contributed by atoms with Crippen molar-refractivity contribution < 1.29 is 19.5 Å². The van der Waals surface area contributed by atoms with Gasteiger partial charge in [0.05, 0.1) is 5.69 Å². The van der Waals surface area contributed by atoms with E-state index in [2.05, 4.69) is 5.32 Å². The molecule has 2 amide bonds. The molecule has 6 heteroatoms. The van der Waals surface area contributed by atoms with Crippen LogP contribution in [0.4, 0.5) is 10.5 Å². The van der Waals surface area contributed by atoms with Crippen molar-refractivity contribution in [1.29, 1.82) is 0 Å². The van der Waals surface area contributed by atoms with E-state index in [4.69, 9.17) is 5.11 Å². The number of benzene rings is 1. The predicted molar refractivity (Wildman–Crippen MR) is 59.0 cm³/mol. The first-order valence-corrected chi connectivity index (χ1v) is 5.00. The summed E-state index contributed by atoms with van der Waals surface area (Å²) >= 11 is 0. The molecule has 1 aromatic rings. The lowest BCUT2D eigenvalue weighted by molar-refractivity contribution is -0.117. The number of amides is 2. The molecule has 0 aromatic heterocycles. The van der Waals surface area contributed by atoms with Crippen molar-refractivity contribution in [3.63, 3.8) is 0 Å². The highest BCUT2D eigenvalue weighted by Crippen LogP contribution is 2.21. The van der Waals surface area contributed by atoms with Crippen molar-refractivity contribution in [2.45, 2.75) is 12.5 Å². The molecular formula is C11H10N2O4. The van der Waals surface area contributed by atoms with Crippen LogP contribution in [0.5, 0.6) is 0 Å². The van der Waals surface area contributed by atoms with Crippen LogP contribution in [0.15, 0.2) is 24.3 Å². The van der Waals surface area contributed by atoms with Gasteiger partial charge >= 0.3 is 6.09 Å². The summed E-state index contributed by atoms with van der Waals surface area (Å²) in [4.78, 5) is 34.0. The Morgan fingerprint density at radius 1 is 1.35 bits per heavy atom. The lowest BCUT2D eigenvalue weighted by atomic mass is 10.0. The molecule has 0 saturated carbocycles. The molecule has 3 N–H and O–H groups in total. The molecule has 88 valence electrons. The minimum absolute atomic E-state index is 0.171. The fourth-order valence-corrected chi connectivity index (χ4v) is 1.71. The first kappa shape index (κ1) is 11.1. The summed E-state index contributed by atoms with van der Waals surface area (Å²) in [7, 11) is 0. The van der Waals surface area contributed by atoms with Crippen LogP contribution in [0, 0.1) is 0 Å². The van der Waals surface area contributed by atoms with E-state index in [0.29, 0.717) is 11.3 Å². The number of carbonyl (C=O) groups excluding carboxylic acids is 2. The van der Waals surface area contributed by atoms with E-state index in [1.165, 1.54) is 0 Å². The summed E-state index contributed by atoms with van der Waals surface area (Å²) in [6, 6.07) is 5.54. The van der Waals surface area contributed by atoms with Crippen LogP contribution in [0.2, 0.25) is 0 Å². The van der Waals surface area contributed by atoms with Crippen LogP contribution >= 0.6 is 0 Å². The third-order valence-electron chi connectivity index (χ3n) is 2.49. The van der Waals surface area contributed by atoms with E-state index < -0.39 is 18.0 Å². The quantitative estimate of drug-likeness (QED) is 0.671. The van der Waals surface area contributed by atoms with Gasteiger partial charge in [-0.25, -0.2) is 4.79 Å². The van der Waals surface area contributed by atoms with Gasteiger partial charge in [-0.2, -0.15) is 0 Å². The van der Waals surface area contributed by atoms with Crippen molar-refractivity contribution >= 4 is 23.5 Å². The minimum atomic E-state index is -1.33. The van der Waals surface area contributed by atoms with Gasteiger partial charge in [-0.1, -0.05) is 12.1 Å². The summed E-state index contributed by atoms with van der Waals surface area (Å²) < 4.78 is 0. The van der Waals surface area contributed by atoms with Crippen molar-refractivity contribution in [3.8, 4) is 0 Å². The second-order valence-electron chi connectivity index (χ2n) is 3.66. The van der Waals surface area contributed by atoms with E-state index >= 15 is 0 Å². The second-order valence-corrected chi connectivity index (χ2v) is 3.66. The Labute approximate surface area is 96.6 Å². The number of para-hydroxylation sites is 1. The van der Waals surface area contributed by atoms with Gasteiger partial charge in [0.15, 0.2) is 5.78 Å². The van der Waals surface area contributed by atoms with Gasteiger partial charge in [0, 0.05) is 12.0 Å². The van der Waals surface area contributed by atoms with E-state index in [9.17, 15) is 14.4 Å². The summed E-state index contributed by atoms with van der Waals surface area (Å²) in [6.45, 7) is 0. The molecule has 1 atom stereocenters. The lowest BCUT2D eigenvalue weighted by Crippen LogP contribution is -2.43. The van der Waals surface area contributed by atoms with Gasteiger partial charge in [0.1, 0.15) is 6.04 Å². The number of ketones is 1. The molecule has 2 rings (SSSR count). The van der Waals surface area contributed by atoms with Crippen LogP contribution in [-0.4, -0.2) is 28.9 Å². The van der Waals surface area contributed by atoms with E-state index in [0.717, 1.165) is 0 Å². The summed E-state index contributed by atoms with van der Waals surface area (Å²) in [5, 5.41) is 13.1. The Kier molecular flexibility index (Phi) is 2.78. The van der Waals surface area contributed by atoms with E-state index in [1.807, 2.05) is 5.32 Å². The molecule has 1 heterocycles. The van der Waals surface area contributed by atoms with Gasteiger partial charge in [-0.15, -0.1) is 0 Å². The van der Waals surface area contributed by atoms with Crippen molar-refractivity contribution in [2.24, 2.45) is 0 Å². The highest BCUT2D eigenvalue weighted by molar-refractivity contribution is 6.11. The monoisotopic (exact) mass is 234 g/mol. The highest BCUT2D eigenvalue weighted by Gasteiger charge is 2.29. The summed E-state index contributed by atoms with van der Waals surface area (Å²) in [5.41, 5.74) is 0.813. The van der Waals surface area contributed by atoms with E-state index in [1.54, 1.807) is 24.3 Å². The van der Waals surface area contributed by atoms with Crippen LogP contribution in [0.25, 0.3) is 0 Å². The Morgan fingerprint density at radius 2 is 2.06 bits per heavy atom. The van der Waals surface area contributed by atoms with Crippen LogP contribution in [0.3, 0.4) is 0 Å². The van der Waals surface area contributed by atoms with Gasteiger partial charge in [0.2, 0.25) is 5.91 Å². The zero-order valence-corrected chi connectivity index (χ0v) is 8.77. The van der Waals surface area contributed by atoms with Gasteiger partial charge in [0.25, 0.3) is 0 Å². The van der Waals surface area contributed by atoms with Gasteiger partial charge in [-0.05, 0) is 12.1 Å². The summed E-state index contributed by atoms with van der Waals surface area (Å²) in [5.74, 6) is -0.789. The third kappa shape index (κ3) is 2.25. The Morgan fingerprint density at radius 3 is 2.76 bits per heavy atom. The number of anilines is 1. The molecule has 1 aliphatic rings. The van der Waals surface area contributed by atoms with Crippen LogP contribution in [0.1, 0.15) is 16.8 Å². The van der Waals surface area contributed by atoms with Gasteiger partial charge < -0.3 is 15.7 Å². The maximum Gasteiger partial charge on any atom is 0.405 e. The fourth-order valence-electron chi connectivity index (χ4n) is 1.71. The topological polar surface area (TPSA) is 95.5 Å². The smallest absolute Gasteiger partial charge is 0.405 e. The largest absolute Gasteiger partial charge is 0.465 e. The number of nitrogens with one attached hydrogen (secondary N) is 2. The Bertz CT molecular complexity index is 498. The van der Waals surface area contributed by atoms with Crippen molar-refractivity contribution in [2.75, 3.05) is 5.32 Å². The fraction of sp³-hybridized carbons (Fsp3) is 0.182. The molecule has 0 fully saturated rings. The summed E-state index contributed by atoms with van der Waals surface area (Å²) in [6.07, 6.45) is -1.50. The SMILES string of the molecule is O=C(O)NC1CC(=O)c2ccccc2NC1=O. The molecular weight excluding hydrogens is 224 g/mol. The van der Waals surface area contributed by atoms with E-state index in [-0.39, 0.29) is 12.2 Å². The number of hydrogen-bond acceptors (Lipinski definition) is 3. The van der Waals surface area contributed by atoms with Crippen molar-refractivity contribution in [1.82, 2.24) is 5.32 Å². The molecule has 0 radical (unpaired) electrons. The number of carbonyl (C=O) groups is 3. The zero-order chi connectivity index (χ0) is 12.4. The molecule has 1 unspecified atom stereocenters. The normalized spacial score (nSPS) is 18.9.